The standard InChI is InChI=1S/C15H15N3O2/c1-11(19)17-13-6-4-12(5-7-13)9-15(20)18-14-3-2-8-16-10-14/h2-8,10H,9H2,1H3,(H,17,19)(H,18,20). The number of carbonyl (C=O) groups is 2. The number of rotatable bonds is 4. The lowest BCUT2D eigenvalue weighted by molar-refractivity contribution is -0.116. The van der Waals surface area contributed by atoms with E-state index in [0.29, 0.717) is 11.4 Å². The smallest absolute Gasteiger partial charge is 0.228 e. The van der Waals surface area contributed by atoms with Gasteiger partial charge in [-0.3, -0.25) is 14.6 Å². The van der Waals surface area contributed by atoms with Crippen molar-refractivity contribution in [2.75, 3.05) is 10.6 Å². The predicted molar refractivity (Wildman–Crippen MR) is 77.3 cm³/mol. The van der Waals surface area contributed by atoms with Gasteiger partial charge in [-0.2, -0.15) is 0 Å². The summed E-state index contributed by atoms with van der Waals surface area (Å²) in [4.78, 5) is 26.7. The van der Waals surface area contributed by atoms with Crippen LogP contribution >= 0.6 is 0 Å². The summed E-state index contributed by atoms with van der Waals surface area (Å²) in [6.45, 7) is 1.45. The number of pyridine rings is 1. The maximum atomic E-state index is 11.8. The first kappa shape index (κ1) is 13.7. The van der Waals surface area contributed by atoms with Crippen LogP contribution in [0.4, 0.5) is 11.4 Å². The van der Waals surface area contributed by atoms with E-state index >= 15 is 0 Å². The average molecular weight is 269 g/mol. The highest BCUT2D eigenvalue weighted by atomic mass is 16.2. The fourth-order valence-corrected chi connectivity index (χ4v) is 1.74. The summed E-state index contributed by atoms with van der Waals surface area (Å²) < 4.78 is 0. The van der Waals surface area contributed by atoms with E-state index < -0.39 is 0 Å². The normalized spacial score (nSPS) is 9.85. The van der Waals surface area contributed by atoms with Gasteiger partial charge in [-0.05, 0) is 29.8 Å². The van der Waals surface area contributed by atoms with E-state index in [9.17, 15) is 9.59 Å². The Bertz CT molecular complexity index is 594. The maximum absolute atomic E-state index is 11.8. The highest BCUT2D eigenvalue weighted by Gasteiger charge is 2.04. The zero-order valence-electron chi connectivity index (χ0n) is 11.1. The molecule has 1 heterocycles. The molecule has 0 spiro atoms. The van der Waals surface area contributed by atoms with Crippen molar-refractivity contribution in [3.63, 3.8) is 0 Å². The molecule has 0 atom stereocenters. The second kappa shape index (κ2) is 6.47. The summed E-state index contributed by atoms with van der Waals surface area (Å²) in [5.74, 6) is -0.225. The van der Waals surface area contributed by atoms with Gasteiger partial charge in [0.05, 0.1) is 18.3 Å². The second-order valence-electron chi connectivity index (χ2n) is 4.34. The van der Waals surface area contributed by atoms with Crippen LogP contribution in [0.1, 0.15) is 12.5 Å². The number of aromatic nitrogens is 1. The van der Waals surface area contributed by atoms with Crippen LogP contribution in [0.25, 0.3) is 0 Å². The van der Waals surface area contributed by atoms with E-state index in [1.807, 2.05) is 12.1 Å². The Kier molecular flexibility index (Phi) is 4.44. The number of anilines is 2. The lowest BCUT2D eigenvalue weighted by atomic mass is 10.1. The third-order valence-electron chi connectivity index (χ3n) is 2.58. The van der Waals surface area contributed by atoms with E-state index in [0.717, 1.165) is 5.56 Å². The first-order valence-electron chi connectivity index (χ1n) is 6.20. The fourth-order valence-electron chi connectivity index (χ4n) is 1.74. The van der Waals surface area contributed by atoms with E-state index in [2.05, 4.69) is 15.6 Å². The van der Waals surface area contributed by atoms with Gasteiger partial charge in [-0.15, -0.1) is 0 Å². The van der Waals surface area contributed by atoms with Crippen molar-refractivity contribution in [1.82, 2.24) is 4.98 Å². The molecule has 5 nitrogen and oxygen atoms in total. The quantitative estimate of drug-likeness (QED) is 0.894. The molecule has 2 N–H and O–H groups in total. The molecule has 0 radical (unpaired) electrons. The number of nitrogens with zero attached hydrogens (tertiary/aromatic N) is 1. The van der Waals surface area contributed by atoms with Crippen LogP contribution in [-0.4, -0.2) is 16.8 Å². The van der Waals surface area contributed by atoms with Crippen LogP contribution in [0.2, 0.25) is 0 Å². The minimum Gasteiger partial charge on any atom is -0.326 e. The van der Waals surface area contributed by atoms with Crippen molar-refractivity contribution in [3.8, 4) is 0 Å². The molecule has 0 saturated carbocycles. The van der Waals surface area contributed by atoms with Crippen molar-refractivity contribution >= 4 is 23.2 Å². The number of amides is 2. The van der Waals surface area contributed by atoms with Gasteiger partial charge in [0.15, 0.2) is 0 Å². The minimum atomic E-state index is -0.118. The van der Waals surface area contributed by atoms with Gasteiger partial charge < -0.3 is 10.6 Å². The molecule has 5 heteroatoms. The lowest BCUT2D eigenvalue weighted by Crippen LogP contribution is -2.14. The Morgan fingerprint density at radius 2 is 1.80 bits per heavy atom. The molecule has 0 bridgehead atoms. The molecule has 0 fully saturated rings. The van der Waals surface area contributed by atoms with Crippen LogP contribution in [0.5, 0.6) is 0 Å². The molecular weight excluding hydrogens is 254 g/mol. The Morgan fingerprint density at radius 3 is 2.40 bits per heavy atom. The Balaban J connectivity index is 1.93. The fraction of sp³-hybridized carbons (Fsp3) is 0.133. The number of hydrogen-bond acceptors (Lipinski definition) is 3. The molecule has 1 aromatic heterocycles. The third-order valence-corrected chi connectivity index (χ3v) is 2.58. The van der Waals surface area contributed by atoms with Crippen molar-refractivity contribution < 1.29 is 9.59 Å². The van der Waals surface area contributed by atoms with Crippen LogP contribution in [-0.2, 0) is 16.0 Å². The molecule has 2 amide bonds. The summed E-state index contributed by atoms with van der Waals surface area (Å²) in [5.41, 5.74) is 2.27. The number of benzene rings is 1. The van der Waals surface area contributed by atoms with Crippen molar-refractivity contribution in [1.29, 1.82) is 0 Å². The van der Waals surface area contributed by atoms with E-state index in [-0.39, 0.29) is 18.2 Å². The summed E-state index contributed by atoms with van der Waals surface area (Å²) in [6.07, 6.45) is 3.52. The van der Waals surface area contributed by atoms with Crippen LogP contribution in [0.15, 0.2) is 48.8 Å². The van der Waals surface area contributed by atoms with Gasteiger partial charge in [-0.1, -0.05) is 12.1 Å². The van der Waals surface area contributed by atoms with E-state index in [1.165, 1.54) is 6.92 Å². The first-order valence-corrected chi connectivity index (χ1v) is 6.20. The van der Waals surface area contributed by atoms with Gasteiger partial charge in [0.25, 0.3) is 0 Å². The summed E-state index contributed by atoms with van der Waals surface area (Å²) in [6, 6.07) is 10.7. The predicted octanol–water partition coefficient (Wildman–Crippen LogP) is 2.22. The highest BCUT2D eigenvalue weighted by molar-refractivity contribution is 5.92. The SMILES string of the molecule is CC(=O)Nc1ccc(CC(=O)Nc2cccnc2)cc1. The third kappa shape index (κ3) is 4.20. The Hall–Kier alpha value is -2.69. The molecule has 1 aromatic carbocycles. The Labute approximate surface area is 117 Å². The summed E-state index contributed by atoms with van der Waals surface area (Å²) >= 11 is 0. The second-order valence-corrected chi connectivity index (χ2v) is 4.34. The average Bonchev–Trinajstić information content (AvgIpc) is 2.41. The molecule has 102 valence electrons. The molecule has 0 aliphatic rings. The van der Waals surface area contributed by atoms with Gasteiger partial charge in [0.1, 0.15) is 0 Å². The van der Waals surface area contributed by atoms with Crippen LogP contribution < -0.4 is 10.6 Å². The largest absolute Gasteiger partial charge is 0.326 e. The van der Waals surface area contributed by atoms with Gasteiger partial charge in [-0.25, -0.2) is 0 Å². The number of carbonyl (C=O) groups excluding carboxylic acids is 2. The number of hydrogen-bond donors (Lipinski definition) is 2. The van der Waals surface area contributed by atoms with Gasteiger partial charge >= 0.3 is 0 Å². The van der Waals surface area contributed by atoms with Gasteiger partial charge in [0, 0.05) is 18.8 Å². The molecule has 0 aliphatic carbocycles. The molecular formula is C15H15N3O2. The highest BCUT2D eigenvalue weighted by Crippen LogP contribution is 2.11. The molecule has 0 saturated heterocycles. The molecule has 2 aromatic rings. The first-order chi connectivity index (χ1) is 9.63. The molecule has 0 aliphatic heterocycles. The van der Waals surface area contributed by atoms with Gasteiger partial charge in [0.2, 0.25) is 11.8 Å². The molecule has 0 unspecified atom stereocenters. The topological polar surface area (TPSA) is 71.1 Å². The van der Waals surface area contributed by atoms with E-state index in [1.54, 1.807) is 36.7 Å². The lowest BCUT2D eigenvalue weighted by Gasteiger charge is -2.06. The summed E-state index contributed by atoms with van der Waals surface area (Å²) in [7, 11) is 0. The minimum absolute atomic E-state index is 0.106. The van der Waals surface area contributed by atoms with Crippen LogP contribution in [0.3, 0.4) is 0 Å². The zero-order chi connectivity index (χ0) is 14.4. The van der Waals surface area contributed by atoms with Crippen molar-refractivity contribution in [3.05, 3.63) is 54.4 Å². The van der Waals surface area contributed by atoms with Crippen molar-refractivity contribution in [2.24, 2.45) is 0 Å². The monoisotopic (exact) mass is 269 g/mol. The molecule has 2 rings (SSSR count). The maximum Gasteiger partial charge on any atom is 0.228 e. The summed E-state index contributed by atoms with van der Waals surface area (Å²) in [5, 5.41) is 5.44. The number of nitrogens with one attached hydrogen (secondary N) is 2. The van der Waals surface area contributed by atoms with Crippen LogP contribution in [0, 0.1) is 0 Å². The van der Waals surface area contributed by atoms with Crippen molar-refractivity contribution in [2.45, 2.75) is 13.3 Å². The molecule has 20 heavy (non-hydrogen) atoms. The van der Waals surface area contributed by atoms with E-state index in [4.69, 9.17) is 0 Å². The zero-order valence-corrected chi connectivity index (χ0v) is 11.1. The Morgan fingerprint density at radius 1 is 1.05 bits per heavy atom.